The van der Waals surface area contributed by atoms with Gasteiger partial charge in [0.15, 0.2) is 6.04 Å². The molecule has 0 saturated heterocycles. The SMILES string of the molecule is COC(=O)C(c1ccc(Cl)cc1)N1C(=O)c2ccc(NCc3ccccc3)cc2NC(=S)C1c1ccc(Cl)cc1. The molecular weight excluding hydrogens is 565 g/mol. The van der Waals surface area contributed by atoms with Crippen LogP contribution in [0.15, 0.2) is 97.1 Å². The smallest absolute Gasteiger partial charge is 0.333 e. The molecule has 0 aromatic heterocycles. The van der Waals surface area contributed by atoms with Crippen LogP contribution < -0.4 is 10.6 Å². The van der Waals surface area contributed by atoms with Crippen LogP contribution in [0.25, 0.3) is 0 Å². The molecular formula is C31H25Cl2N3O3S. The Kier molecular flexibility index (Phi) is 8.35. The first-order valence-electron chi connectivity index (χ1n) is 12.5. The van der Waals surface area contributed by atoms with Gasteiger partial charge in [-0.15, -0.1) is 0 Å². The number of nitrogens with zero attached hydrogens (tertiary/aromatic N) is 1. The number of ether oxygens (including phenoxy) is 1. The third-order valence-electron chi connectivity index (χ3n) is 6.68. The number of fused-ring (bicyclic) bond motifs is 1. The molecule has 5 rings (SSSR count). The van der Waals surface area contributed by atoms with Gasteiger partial charge in [0.2, 0.25) is 0 Å². The van der Waals surface area contributed by atoms with Crippen LogP contribution in [0.2, 0.25) is 10.0 Å². The Morgan fingerprint density at radius 3 is 2.27 bits per heavy atom. The van der Waals surface area contributed by atoms with E-state index >= 15 is 0 Å². The van der Waals surface area contributed by atoms with Gasteiger partial charge in [0.1, 0.15) is 11.0 Å². The standard InChI is InChI=1S/C31H25Cl2N3O3S/c1-39-31(38)28(21-9-13-23(33)14-10-21)36-27(20-7-11-22(32)12-8-20)29(40)35-26-17-24(15-16-25(26)30(36)37)34-18-19-5-3-2-4-6-19/h2-17,27-28,34H,18H2,1H3,(H,35,40). The molecule has 1 aliphatic heterocycles. The summed E-state index contributed by atoms with van der Waals surface area (Å²) in [5.41, 5.74) is 4.06. The fourth-order valence-electron chi connectivity index (χ4n) is 4.72. The number of hydrogen-bond acceptors (Lipinski definition) is 5. The van der Waals surface area contributed by atoms with Crippen molar-refractivity contribution >= 4 is 63.7 Å². The van der Waals surface area contributed by atoms with Gasteiger partial charge >= 0.3 is 5.97 Å². The molecule has 4 aromatic carbocycles. The summed E-state index contributed by atoms with van der Waals surface area (Å²) in [5.74, 6) is -0.996. The van der Waals surface area contributed by atoms with Crippen molar-refractivity contribution in [1.82, 2.24) is 4.90 Å². The maximum absolute atomic E-state index is 14.4. The third kappa shape index (κ3) is 5.82. The second kappa shape index (κ2) is 12.1. The fourth-order valence-corrected chi connectivity index (χ4v) is 5.33. The topological polar surface area (TPSA) is 70.7 Å². The van der Waals surface area contributed by atoms with Gasteiger partial charge < -0.3 is 20.3 Å². The molecule has 0 aliphatic carbocycles. The van der Waals surface area contributed by atoms with Crippen LogP contribution in [0.4, 0.5) is 11.4 Å². The van der Waals surface area contributed by atoms with Gasteiger partial charge in [0.05, 0.1) is 18.4 Å². The summed E-state index contributed by atoms with van der Waals surface area (Å²) in [7, 11) is 1.29. The van der Waals surface area contributed by atoms with Crippen molar-refractivity contribution in [1.29, 1.82) is 0 Å². The lowest BCUT2D eigenvalue weighted by molar-refractivity contribution is -0.146. The van der Waals surface area contributed by atoms with Crippen LogP contribution >= 0.6 is 35.4 Å². The molecule has 4 aromatic rings. The number of nitrogens with one attached hydrogen (secondary N) is 2. The second-order valence-corrected chi connectivity index (χ2v) is 10.5. The summed E-state index contributed by atoms with van der Waals surface area (Å²) in [4.78, 5) is 29.5. The second-order valence-electron chi connectivity index (χ2n) is 9.23. The Balaban J connectivity index is 1.60. The summed E-state index contributed by atoms with van der Waals surface area (Å²) < 4.78 is 5.20. The lowest BCUT2D eigenvalue weighted by Crippen LogP contribution is -2.44. The van der Waals surface area contributed by atoms with Crippen molar-refractivity contribution in [2.45, 2.75) is 18.6 Å². The zero-order valence-electron chi connectivity index (χ0n) is 21.4. The Morgan fingerprint density at radius 1 is 0.975 bits per heavy atom. The lowest BCUT2D eigenvalue weighted by atomic mass is 9.98. The minimum absolute atomic E-state index is 0.345. The predicted molar refractivity (Wildman–Crippen MR) is 163 cm³/mol. The van der Waals surface area contributed by atoms with Crippen molar-refractivity contribution in [2.24, 2.45) is 0 Å². The fraction of sp³-hybridized carbons (Fsp3) is 0.129. The van der Waals surface area contributed by atoms with Gasteiger partial charge in [-0.1, -0.05) is 90.0 Å². The molecule has 2 N–H and O–H groups in total. The van der Waals surface area contributed by atoms with E-state index in [2.05, 4.69) is 10.6 Å². The van der Waals surface area contributed by atoms with E-state index < -0.39 is 18.1 Å². The number of benzene rings is 4. The number of methoxy groups -OCH3 is 1. The molecule has 0 saturated carbocycles. The third-order valence-corrected chi connectivity index (χ3v) is 7.51. The molecule has 2 unspecified atom stereocenters. The Morgan fingerprint density at radius 2 is 1.62 bits per heavy atom. The molecule has 0 fully saturated rings. The summed E-state index contributed by atoms with van der Waals surface area (Å²) in [6.07, 6.45) is 0. The van der Waals surface area contributed by atoms with Gasteiger partial charge in [0.25, 0.3) is 5.91 Å². The number of thiocarbonyl (C=S) groups is 1. The van der Waals surface area contributed by atoms with E-state index in [1.165, 1.54) is 12.0 Å². The van der Waals surface area contributed by atoms with Gasteiger partial charge in [-0.2, -0.15) is 0 Å². The van der Waals surface area contributed by atoms with Gasteiger partial charge in [-0.3, -0.25) is 4.79 Å². The van der Waals surface area contributed by atoms with Gasteiger partial charge in [-0.05, 0) is 59.2 Å². The average Bonchev–Trinajstić information content (AvgIpc) is 3.07. The number of amides is 1. The molecule has 1 amide bonds. The van der Waals surface area contributed by atoms with E-state index in [1.807, 2.05) is 42.5 Å². The molecule has 6 nitrogen and oxygen atoms in total. The summed E-state index contributed by atoms with van der Waals surface area (Å²) in [6, 6.07) is 27.3. The Labute approximate surface area is 247 Å². The maximum atomic E-state index is 14.4. The Bertz CT molecular complexity index is 1550. The highest BCUT2D eigenvalue weighted by molar-refractivity contribution is 7.80. The number of anilines is 2. The number of esters is 1. The predicted octanol–water partition coefficient (Wildman–Crippen LogP) is 7.46. The summed E-state index contributed by atoms with van der Waals surface area (Å²) >= 11 is 18.2. The molecule has 0 spiro atoms. The number of carbonyl (C=O) groups is 2. The number of hydrogen-bond donors (Lipinski definition) is 2. The molecule has 202 valence electrons. The normalized spacial score (nSPS) is 15.5. The van der Waals surface area contributed by atoms with Crippen molar-refractivity contribution in [2.75, 3.05) is 17.7 Å². The number of rotatable bonds is 7. The van der Waals surface area contributed by atoms with Crippen molar-refractivity contribution in [3.8, 4) is 0 Å². The summed E-state index contributed by atoms with van der Waals surface area (Å²) in [6.45, 7) is 0.610. The van der Waals surface area contributed by atoms with E-state index in [9.17, 15) is 9.59 Å². The van der Waals surface area contributed by atoms with E-state index in [-0.39, 0.29) is 5.91 Å². The van der Waals surface area contributed by atoms with Crippen molar-refractivity contribution < 1.29 is 14.3 Å². The molecule has 9 heteroatoms. The number of halogens is 2. The molecule has 0 bridgehead atoms. The zero-order valence-corrected chi connectivity index (χ0v) is 23.8. The highest BCUT2D eigenvalue weighted by Crippen LogP contribution is 2.39. The first-order valence-corrected chi connectivity index (χ1v) is 13.7. The van der Waals surface area contributed by atoms with E-state index in [0.717, 1.165) is 11.3 Å². The minimum Gasteiger partial charge on any atom is -0.467 e. The highest BCUT2D eigenvalue weighted by atomic mass is 35.5. The van der Waals surface area contributed by atoms with Crippen LogP contribution in [0, 0.1) is 0 Å². The van der Waals surface area contributed by atoms with Crippen molar-refractivity contribution in [3.63, 3.8) is 0 Å². The molecule has 2 atom stereocenters. The molecule has 1 aliphatic rings. The van der Waals surface area contributed by atoms with E-state index in [4.69, 9.17) is 40.2 Å². The first-order chi connectivity index (χ1) is 19.4. The highest BCUT2D eigenvalue weighted by Gasteiger charge is 2.42. The maximum Gasteiger partial charge on any atom is 0.333 e. The zero-order chi connectivity index (χ0) is 28.2. The average molecular weight is 591 g/mol. The van der Waals surface area contributed by atoms with E-state index in [0.29, 0.717) is 44.0 Å². The quantitative estimate of drug-likeness (QED) is 0.172. The van der Waals surface area contributed by atoms with Gasteiger partial charge in [0, 0.05) is 22.3 Å². The van der Waals surface area contributed by atoms with Crippen LogP contribution in [-0.4, -0.2) is 28.9 Å². The van der Waals surface area contributed by atoms with Crippen LogP contribution in [0.1, 0.15) is 39.1 Å². The lowest BCUT2D eigenvalue weighted by Gasteiger charge is -2.36. The van der Waals surface area contributed by atoms with Crippen molar-refractivity contribution in [3.05, 3.63) is 129 Å². The Hall–Kier alpha value is -3.91. The molecule has 0 radical (unpaired) electrons. The van der Waals surface area contributed by atoms with Crippen LogP contribution in [0.5, 0.6) is 0 Å². The van der Waals surface area contributed by atoms with E-state index in [1.54, 1.807) is 54.6 Å². The number of carbonyl (C=O) groups excluding carboxylic acids is 2. The monoisotopic (exact) mass is 589 g/mol. The minimum atomic E-state index is -1.10. The molecule has 1 heterocycles. The first kappa shape index (κ1) is 27.6. The van der Waals surface area contributed by atoms with Crippen LogP contribution in [0.3, 0.4) is 0 Å². The molecule has 40 heavy (non-hydrogen) atoms. The van der Waals surface area contributed by atoms with Gasteiger partial charge in [-0.25, -0.2) is 4.79 Å². The summed E-state index contributed by atoms with van der Waals surface area (Å²) in [5, 5.41) is 7.71. The van der Waals surface area contributed by atoms with Crippen LogP contribution in [-0.2, 0) is 16.1 Å². The largest absolute Gasteiger partial charge is 0.467 e.